The number of carbonyl (C=O) groups is 1. The zero-order chi connectivity index (χ0) is 19.9. The van der Waals surface area contributed by atoms with E-state index in [4.69, 9.17) is 0 Å². The van der Waals surface area contributed by atoms with E-state index in [0.29, 0.717) is 12.3 Å². The van der Waals surface area contributed by atoms with Crippen molar-refractivity contribution in [3.63, 3.8) is 0 Å². The Bertz CT molecular complexity index is 951. The number of aryl methyl sites for hydroxylation is 2. The smallest absolute Gasteiger partial charge is 0.230 e. The minimum absolute atomic E-state index is 0.0154. The van der Waals surface area contributed by atoms with Crippen LogP contribution in [0.1, 0.15) is 23.6 Å². The van der Waals surface area contributed by atoms with Gasteiger partial charge in [0.1, 0.15) is 0 Å². The van der Waals surface area contributed by atoms with Gasteiger partial charge in [-0.25, -0.2) is 0 Å². The fourth-order valence-electron chi connectivity index (χ4n) is 3.11. The molecule has 5 nitrogen and oxygen atoms in total. The molecule has 0 saturated heterocycles. The first-order valence-electron chi connectivity index (χ1n) is 9.53. The van der Waals surface area contributed by atoms with Gasteiger partial charge >= 0.3 is 0 Å². The number of benzene rings is 2. The van der Waals surface area contributed by atoms with Crippen LogP contribution >= 0.6 is 11.8 Å². The zero-order valence-electron chi connectivity index (χ0n) is 16.6. The van der Waals surface area contributed by atoms with E-state index in [-0.39, 0.29) is 5.91 Å². The van der Waals surface area contributed by atoms with Crippen molar-refractivity contribution in [1.82, 2.24) is 20.1 Å². The molecule has 1 N–H and O–H groups in total. The lowest BCUT2D eigenvalue weighted by Crippen LogP contribution is -2.27. The standard InChI is InChI=1S/C22H26N4OS/c1-4-26-21(19-12-8-6-10-17(19)3)24-25-22(26)28-15-20(27)23-14-13-18-11-7-5-9-16(18)2/h5-12H,4,13-15H2,1-3H3,(H,23,27). The van der Waals surface area contributed by atoms with Crippen LogP contribution in [0, 0.1) is 13.8 Å². The van der Waals surface area contributed by atoms with Crippen molar-refractivity contribution < 1.29 is 4.79 Å². The first kappa shape index (κ1) is 20.1. The Morgan fingerprint density at radius 3 is 2.46 bits per heavy atom. The third-order valence-electron chi connectivity index (χ3n) is 4.73. The van der Waals surface area contributed by atoms with Crippen molar-refractivity contribution in [1.29, 1.82) is 0 Å². The lowest BCUT2D eigenvalue weighted by Gasteiger charge is -2.09. The van der Waals surface area contributed by atoms with Crippen molar-refractivity contribution in [3.8, 4) is 11.4 Å². The molecule has 3 rings (SSSR count). The molecule has 0 radical (unpaired) electrons. The monoisotopic (exact) mass is 394 g/mol. The van der Waals surface area contributed by atoms with E-state index in [2.05, 4.69) is 65.1 Å². The predicted octanol–water partition coefficient (Wildman–Crippen LogP) is 4.03. The molecule has 0 fully saturated rings. The normalized spacial score (nSPS) is 10.8. The van der Waals surface area contributed by atoms with E-state index < -0.39 is 0 Å². The van der Waals surface area contributed by atoms with E-state index in [1.165, 1.54) is 22.9 Å². The van der Waals surface area contributed by atoms with Gasteiger partial charge in [0.15, 0.2) is 11.0 Å². The average Bonchev–Trinajstić information content (AvgIpc) is 3.11. The zero-order valence-corrected chi connectivity index (χ0v) is 17.4. The molecule has 3 aromatic rings. The highest BCUT2D eigenvalue weighted by atomic mass is 32.2. The minimum Gasteiger partial charge on any atom is -0.355 e. The number of hydrogen-bond donors (Lipinski definition) is 1. The van der Waals surface area contributed by atoms with Crippen LogP contribution in [-0.4, -0.2) is 33.0 Å². The van der Waals surface area contributed by atoms with E-state index in [0.717, 1.165) is 35.1 Å². The van der Waals surface area contributed by atoms with E-state index in [9.17, 15) is 4.79 Å². The summed E-state index contributed by atoms with van der Waals surface area (Å²) in [6.07, 6.45) is 0.839. The molecule has 0 aliphatic carbocycles. The Kier molecular flexibility index (Phi) is 6.87. The molecule has 28 heavy (non-hydrogen) atoms. The Balaban J connectivity index is 1.56. The summed E-state index contributed by atoms with van der Waals surface area (Å²) in [5.41, 5.74) is 4.76. The number of aromatic nitrogens is 3. The van der Waals surface area contributed by atoms with Crippen LogP contribution in [0.15, 0.2) is 53.7 Å². The molecule has 0 unspecified atom stereocenters. The molecule has 146 valence electrons. The highest BCUT2D eigenvalue weighted by Crippen LogP contribution is 2.26. The molecule has 0 spiro atoms. The van der Waals surface area contributed by atoms with Gasteiger partial charge in [0.25, 0.3) is 0 Å². The van der Waals surface area contributed by atoms with Crippen molar-refractivity contribution in [2.45, 2.75) is 38.9 Å². The van der Waals surface area contributed by atoms with Crippen LogP contribution in [0.4, 0.5) is 0 Å². The highest BCUT2D eigenvalue weighted by Gasteiger charge is 2.15. The maximum Gasteiger partial charge on any atom is 0.230 e. The topological polar surface area (TPSA) is 59.8 Å². The number of carbonyl (C=O) groups excluding carboxylic acids is 1. The Hall–Kier alpha value is -2.60. The van der Waals surface area contributed by atoms with Crippen molar-refractivity contribution in [2.75, 3.05) is 12.3 Å². The first-order chi connectivity index (χ1) is 13.6. The molecule has 0 saturated carbocycles. The summed E-state index contributed by atoms with van der Waals surface area (Å²) in [7, 11) is 0. The second-order valence-electron chi connectivity index (χ2n) is 6.68. The second-order valence-corrected chi connectivity index (χ2v) is 7.62. The van der Waals surface area contributed by atoms with E-state index in [1.807, 2.05) is 24.3 Å². The maximum atomic E-state index is 12.2. The number of amides is 1. The Morgan fingerprint density at radius 1 is 1.04 bits per heavy atom. The molecule has 1 aromatic heterocycles. The molecule has 1 heterocycles. The number of thioether (sulfide) groups is 1. The summed E-state index contributed by atoms with van der Waals surface area (Å²) in [4.78, 5) is 12.2. The van der Waals surface area contributed by atoms with Gasteiger partial charge in [-0.15, -0.1) is 10.2 Å². The Labute approximate surface area is 170 Å². The number of nitrogens with one attached hydrogen (secondary N) is 1. The largest absolute Gasteiger partial charge is 0.355 e. The van der Waals surface area contributed by atoms with Gasteiger partial charge in [0.05, 0.1) is 5.75 Å². The average molecular weight is 395 g/mol. The first-order valence-corrected chi connectivity index (χ1v) is 10.5. The summed E-state index contributed by atoms with van der Waals surface area (Å²) < 4.78 is 2.06. The number of nitrogens with zero attached hydrogens (tertiary/aromatic N) is 3. The molecule has 0 aliphatic heterocycles. The third kappa shape index (κ3) is 4.81. The summed E-state index contributed by atoms with van der Waals surface area (Å²) in [5.74, 6) is 1.20. The summed E-state index contributed by atoms with van der Waals surface area (Å²) >= 11 is 1.43. The van der Waals surface area contributed by atoms with Crippen LogP contribution < -0.4 is 5.32 Å². The molecule has 0 aliphatic rings. The number of hydrogen-bond acceptors (Lipinski definition) is 4. The van der Waals surface area contributed by atoms with Gasteiger partial charge in [-0.1, -0.05) is 60.3 Å². The fraction of sp³-hybridized carbons (Fsp3) is 0.318. The lowest BCUT2D eigenvalue weighted by atomic mass is 10.1. The van der Waals surface area contributed by atoms with Crippen molar-refractivity contribution in [2.24, 2.45) is 0 Å². The molecule has 1 amide bonds. The quantitative estimate of drug-likeness (QED) is 0.586. The van der Waals surface area contributed by atoms with Crippen molar-refractivity contribution in [3.05, 3.63) is 65.2 Å². The molecule has 0 bridgehead atoms. The van der Waals surface area contributed by atoms with Gasteiger partial charge in [0, 0.05) is 18.7 Å². The molecule has 2 aromatic carbocycles. The number of rotatable bonds is 8. The van der Waals surface area contributed by atoms with Gasteiger partial charge in [-0.05, 0) is 43.9 Å². The van der Waals surface area contributed by atoms with E-state index >= 15 is 0 Å². The fourth-order valence-corrected chi connectivity index (χ4v) is 3.94. The summed E-state index contributed by atoms with van der Waals surface area (Å²) in [6, 6.07) is 16.4. The van der Waals surface area contributed by atoms with Crippen LogP contribution in [0.5, 0.6) is 0 Å². The second kappa shape index (κ2) is 9.55. The minimum atomic E-state index is 0.0154. The van der Waals surface area contributed by atoms with Crippen LogP contribution in [0.3, 0.4) is 0 Å². The van der Waals surface area contributed by atoms with Crippen molar-refractivity contribution >= 4 is 17.7 Å². The Morgan fingerprint density at radius 2 is 1.75 bits per heavy atom. The molecule has 0 atom stereocenters. The summed E-state index contributed by atoms with van der Waals surface area (Å²) in [6.45, 7) is 7.62. The molecule has 6 heteroatoms. The van der Waals surface area contributed by atoms with E-state index in [1.54, 1.807) is 0 Å². The highest BCUT2D eigenvalue weighted by molar-refractivity contribution is 7.99. The van der Waals surface area contributed by atoms with Gasteiger partial charge < -0.3 is 9.88 Å². The van der Waals surface area contributed by atoms with Gasteiger partial charge in [-0.2, -0.15) is 0 Å². The lowest BCUT2D eigenvalue weighted by molar-refractivity contribution is -0.118. The summed E-state index contributed by atoms with van der Waals surface area (Å²) in [5, 5.41) is 12.4. The van der Waals surface area contributed by atoms with Crippen LogP contribution in [-0.2, 0) is 17.8 Å². The maximum absolute atomic E-state index is 12.2. The van der Waals surface area contributed by atoms with Gasteiger partial charge in [-0.3, -0.25) is 4.79 Å². The molecular formula is C22H26N4OS. The van der Waals surface area contributed by atoms with Crippen LogP contribution in [0.25, 0.3) is 11.4 Å². The van der Waals surface area contributed by atoms with Crippen LogP contribution in [0.2, 0.25) is 0 Å². The van der Waals surface area contributed by atoms with Gasteiger partial charge in [0.2, 0.25) is 5.91 Å². The SMILES string of the molecule is CCn1c(SCC(=O)NCCc2ccccc2C)nnc1-c1ccccc1C. The molecular weight excluding hydrogens is 368 g/mol. The third-order valence-corrected chi connectivity index (χ3v) is 5.70. The predicted molar refractivity (Wildman–Crippen MR) is 114 cm³/mol.